The van der Waals surface area contributed by atoms with Gasteiger partial charge in [-0.2, -0.15) is 0 Å². The molecule has 2 amide bonds. The fraction of sp³-hybridized carbons (Fsp3) is 0.200. The van der Waals surface area contributed by atoms with Crippen LogP contribution < -0.4 is 10.6 Å². The van der Waals surface area contributed by atoms with Crippen LogP contribution in [0.5, 0.6) is 0 Å². The summed E-state index contributed by atoms with van der Waals surface area (Å²) in [5, 5.41) is 6.61. The van der Waals surface area contributed by atoms with Crippen molar-refractivity contribution in [3.8, 4) is 0 Å². The second kappa shape index (κ2) is 7.68. The summed E-state index contributed by atoms with van der Waals surface area (Å²) in [5.74, 6) is -0.395. The molecule has 0 fully saturated rings. The first kappa shape index (κ1) is 17.6. The van der Waals surface area contributed by atoms with Gasteiger partial charge in [0.15, 0.2) is 0 Å². The van der Waals surface area contributed by atoms with E-state index >= 15 is 0 Å². The number of amides is 2. The highest BCUT2D eigenvalue weighted by Gasteiger charge is 2.16. The largest absolute Gasteiger partial charge is 0.462 e. The zero-order chi connectivity index (χ0) is 17.0. The number of halogens is 2. The van der Waals surface area contributed by atoms with Gasteiger partial charge in [-0.15, -0.1) is 11.3 Å². The smallest absolute Gasteiger partial charge is 0.348 e. The van der Waals surface area contributed by atoms with Crippen LogP contribution in [0.1, 0.15) is 22.2 Å². The number of ether oxygens (including phenoxy) is 1. The van der Waals surface area contributed by atoms with Crippen molar-refractivity contribution in [2.45, 2.75) is 13.8 Å². The number of carbonyl (C=O) groups excluding carboxylic acids is 2. The first-order valence-electron chi connectivity index (χ1n) is 6.71. The fourth-order valence-corrected chi connectivity index (χ4v) is 3.05. The summed E-state index contributed by atoms with van der Waals surface area (Å²) in [4.78, 5) is 24.2. The summed E-state index contributed by atoms with van der Waals surface area (Å²) < 4.78 is 4.96. The lowest BCUT2D eigenvalue weighted by atomic mass is 10.3. The Bertz CT molecular complexity index is 746. The van der Waals surface area contributed by atoms with Crippen molar-refractivity contribution in [3.63, 3.8) is 0 Å². The molecule has 0 spiro atoms. The molecule has 5 nitrogen and oxygen atoms in total. The topological polar surface area (TPSA) is 67.4 Å². The van der Waals surface area contributed by atoms with E-state index in [9.17, 15) is 9.59 Å². The van der Waals surface area contributed by atoms with Gasteiger partial charge >= 0.3 is 12.0 Å². The van der Waals surface area contributed by atoms with Gasteiger partial charge in [0.1, 0.15) is 4.88 Å². The van der Waals surface area contributed by atoms with Crippen LogP contribution in [0, 0.1) is 6.92 Å². The van der Waals surface area contributed by atoms with Crippen LogP contribution in [0.3, 0.4) is 0 Å². The number of carbonyl (C=O) groups is 2. The standard InChI is InChI=1S/C15H14Cl2N2O3S/c1-3-22-14(20)13-8(2)6-12(23-13)19-15(21)18-9-4-5-10(16)11(17)7-9/h4-7H,3H2,1-2H3,(H2,18,19,21). The molecule has 8 heteroatoms. The molecule has 2 aromatic rings. The molecule has 0 saturated heterocycles. The van der Waals surface area contributed by atoms with E-state index in [4.69, 9.17) is 27.9 Å². The first-order valence-corrected chi connectivity index (χ1v) is 8.28. The van der Waals surface area contributed by atoms with Crippen LogP contribution in [-0.2, 0) is 4.74 Å². The number of rotatable bonds is 4. The maximum absolute atomic E-state index is 12.0. The van der Waals surface area contributed by atoms with Crippen LogP contribution in [0.2, 0.25) is 10.0 Å². The normalized spacial score (nSPS) is 10.3. The van der Waals surface area contributed by atoms with E-state index < -0.39 is 12.0 Å². The second-order valence-electron chi connectivity index (χ2n) is 4.55. The predicted molar refractivity (Wildman–Crippen MR) is 94.1 cm³/mol. The van der Waals surface area contributed by atoms with Crippen LogP contribution in [-0.4, -0.2) is 18.6 Å². The van der Waals surface area contributed by atoms with Gasteiger partial charge in [0, 0.05) is 5.69 Å². The maximum atomic E-state index is 12.0. The molecule has 23 heavy (non-hydrogen) atoms. The summed E-state index contributed by atoms with van der Waals surface area (Å²) in [6.07, 6.45) is 0. The molecule has 0 atom stereocenters. The van der Waals surface area contributed by atoms with E-state index in [1.54, 1.807) is 38.1 Å². The Kier molecular flexibility index (Phi) is 5.87. The summed E-state index contributed by atoms with van der Waals surface area (Å²) in [5.41, 5.74) is 1.26. The van der Waals surface area contributed by atoms with Gasteiger partial charge in [0.2, 0.25) is 0 Å². The molecule has 2 rings (SSSR count). The second-order valence-corrected chi connectivity index (χ2v) is 6.42. The maximum Gasteiger partial charge on any atom is 0.348 e. The van der Waals surface area contributed by atoms with E-state index in [0.717, 1.165) is 16.9 Å². The molecule has 1 aromatic carbocycles. The van der Waals surface area contributed by atoms with Crippen molar-refractivity contribution in [2.75, 3.05) is 17.2 Å². The van der Waals surface area contributed by atoms with Crippen LogP contribution in [0.25, 0.3) is 0 Å². The van der Waals surface area contributed by atoms with Crippen LogP contribution >= 0.6 is 34.5 Å². The average molecular weight is 373 g/mol. The highest BCUT2D eigenvalue weighted by Crippen LogP contribution is 2.28. The Labute approximate surface area is 147 Å². The Morgan fingerprint density at radius 1 is 1.17 bits per heavy atom. The number of benzene rings is 1. The Morgan fingerprint density at radius 3 is 2.57 bits per heavy atom. The highest BCUT2D eigenvalue weighted by atomic mass is 35.5. The molecule has 1 aromatic heterocycles. The van der Waals surface area contributed by atoms with Crippen LogP contribution in [0.4, 0.5) is 15.5 Å². The van der Waals surface area contributed by atoms with Gasteiger partial charge in [-0.25, -0.2) is 9.59 Å². The van der Waals surface area contributed by atoms with Crippen molar-refractivity contribution in [1.82, 2.24) is 0 Å². The summed E-state index contributed by atoms with van der Waals surface area (Å²) in [6, 6.07) is 6.05. The molecule has 2 N–H and O–H groups in total. The van der Waals surface area contributed by atoms with E-state index in [1.807, 2.05) is 0 Å². The number of aryl methyl sites for hydroxylation is 1. The minimum Gasteiger partial charge on any atom is -0.462 e. The third kappa shape index (κ3) is 4.60. The van der Waals surface area contributed by atoms with Crippen molar-refractivity contribution in [1.29, 1.82) is 0 Å². The number of urea groups is 1. The SMILES string of the molecule is CCOC(=O)c1sc(NC(=O)Nc2ccc(Cl)c(Cl)c2)cc1C. The lowest BCUT2D eigenvalue weighted by Gasteiger charge is -2.06. The van der Waals surface area contributed by atoms with E-state index in [-0.39, 0.29) is 0 Å². The number of nitrogens with one attached hydrogen (secondary N) is 2. The predicted octanol–water partition coefficient (Wildman–Crippen LogP) is 5.18. The molecule has 0 aliphatic rings. The lowest BCUT2D eigenvalue weighted by Crippen LogP contribution is -2.18. The van der Waals surface area contributed by atoms with Crippen LogP contribution in [0.15, 0.2) is 24.3 Å². The number of thiophene rings is 1. The van der Waals surface area contributed by atoms with E-state index in [1.165, 1.54) is 0 Å². The molecule has 0 aliphatic carbocycles. The third-order valence-electron chi connectivity index (χ3n) is 2.79. The third-order valence-corrected chi connectivity index (χ3v) is 4.66. The van der Waals surface area contributed by atoms with Gasteiger partial charge in [-0.1, -0.05) is 23.2 Å². The Morgan fingerprint density at radius 2 is 1.91 bits per heavy atom. The average Bonchev–Trinajstić information content (AvgIpc) is 2.83. The zero-order valence-electron chi connectivity index (χ0n) is 12.4. The molecule has 0 radical (unpaired) electrons. The minimum absolute atomic E-state index is 0.302. The summed E-state index contributed by atoms with van der Waals surface area (Å²) in [7, 11) is 0. The van der Waals surface area contributed by atoms with Crippen molar-refractivity contribution >= 4 is 57.2 Å². The Balaban J connectivity index is 2.04. The van der Waals surface area contributed by atoms with Gasteiger partial charge in [-0.3, -0.25) is 5.32 Å². The molecule has 0 bridgehead atoms. The zero-order valence-corrected chi connectivity index (χ0v) is 14.7. The Hall–Kier alpha value is -1.76. The van der Waals surface area contributed by atoms with Gasteiger partial charge in [0.25, 0.3) is 0 Å². The quantitative estimate of drug-likeness (QED) is 0.726. The number of esters is 1. The first-order chi connectivity index (χ1) is 10.9. The molecule has 122 valence electrons. The van der Waals surface area contributed by atoms with Gasteiger partial charge < -0.3 is 10.1 Å². The summed E-state index contributed by atoms with van der Waals surface area (Å²) >= 11 is 12.9. The highest BCUT2D eigenvalue weighted by molar-refractivity contribution is 7.18. The molecule has 0 unspecified atom stereocenters. The number of hydrogen-bond acceptors (Lipinski definition) is 4. The van der Waals surface area contributed by atoms with E-state index in [2.05, 4.69) is 10.6 Å². The molecular formula is C15H14Cl2N2O3S. The van der Waals surface area contributed by atoms with Crippen molar-refractivity contribution < 1.29 is 14.3 Å². The van der Waals surface area contributed by atoms with Gasteiger partial charge in [-0.05, 0) is 43.7 Å². The van der Waals surface area contributed by atoms with E-state index in [0.29, 0.717) is 32.2 Å². The van der Waals surface area contributed by atoms with Crippen molar-refractivity contribution in [3.05, 3.63) is 44.8 Å². The summed E-state index contributed by atoms with van der Waals surface area (Å²) in [6.45, 7) is 3.83. The number of hydrogen-bond donors (Lipinski definition) is 2. The minimum atomic E-state index is -0.444. The van der Waals surface area contributed by atoms with Crippen molar-refractivity contribution in [2.24, 2.45) is 0 Å². The molecule has 0 aliphatic heterocycles. The van der Waals surface area contributed by atoms with Gasteiger partial charge in [0.05, 0.1) is 21.7 Å². The molecular weight excluding hydrogens is 359 g/mol. The molecule has 1 heterocycles. The molecule has 0 saturated carbocycles. The monoisotopic (exact) mass is 372 g/mol. The lowest BCUT2D eigenvalue weighted by molar-refractivity contribution is 0.0531. The number of anilines is 2. The fourth-order valence-electron chi connectivity index (χ4n) is 1.79.